The largest absolute Gasteiger partial charge is 0.484 e. The molecule has 1 aliphatic heterocycles. The van der Waals surface area contributed by atoms with Crippen LogP contribution in [0.15, 0.2) is 65.9 Å². The summed E-state index contributed by atoms with van der Waals surface area (Å²) in [5, 5.41) is 8.01. The molecule has 150 valence electrons. The van der Waals surface area contributed by atoms with E-state index in [0.29, 0.717) is 28.3 Å². The quantitative estimate of drug-likeness (QED) is 0.652. The van der Waals surface area contributed by atoms with E-state index in [-0.39, 0.29) is 12.5 Å². The zero-order chi connectivity index (χ0) is 20.8. The number of para-hydroxylation sites is 1. The molecule has 0 bridgehead atoms. The minimum absolute atomic E-state index is 0.148. The average molecular weight is 395 g/mol. The highest BCUT2D eigenvalue weighted by molar-refractivity contribution is 5.95. The first kappa shape index (κ1) is 19.9. The molecule has 0 aliphatic carbocycles. The highest BCUT2D eigenvalue weighted by Crippen LogP contribution is 2.28. The number of benzene rings is 2. The van der Waals surface area contributed by atoms with E-state index in [2.05, 4.69) is 16.0 Å². The van der Waals surface area contributed by atoms with Gasteiger partial charge in [-0.05, 0) is 36.8 Å². The van der Waals surface area contributed by atoms with Crippen LogP contribution >= 0.6 is 0 Å². The average Bonchev–Trinajstić information content (AvgIpc) is 2.72. The zero-order valence-corrected chi connectivity index (χ0v) is 16.0. The number of methoxy groups -OCH3 is 1. The van der Waals surface area contributed by atoms with Crippen LogP contribution in [0.1, 0.15) is 18.5 Å². The molecule has 1 atom stereocenters. The zero-order valence-electron chi connectivity index (χ0n) is 16.0. The molecule has 0 saturated carbocycles. The van der Waals surface area contributed by atoms with Crippen LogP contribution in [0.5, 0.6) is 5.75 Å². The highest BCUT2D eigenvalue weighted by atomic mass is 16.5. The van der Waals surface area contributed by atoms with Crippen LogP contribution in [0.25, 0.3) is 0 Å². The summed E-state index contributed by atoms with van der Waals surface area (Å²) < 4.78 is 10.3. The molecule has 0 spiro atoms. The van der Waals surface area contributed by atoms with E-state index in [1.54, 1.807) is 43.3 Å². The fraction of sp³-hybridized carbons (Fsp3) is 0.190. The first-order valence-electron chi connectivity index (χ1n) is 8.92. The molecule has 3 amide bonds. The van der Waals surface area contributed by atoms with Gasteiger partial charge in [-0.3, -0.25) is 4.79 Å². The van der Waals surface area contributed by atoms with Crippen molar-refractivity contribution in [1.82, 2.24) is 10.6 Å². The first-order chi connectivity index (χ1) is 14.0. The maximum absolute atomic E-state index is 12.1. The van der Waals surface area contributed by atoms with Crippen molar-refractivity contribution >= 4 is 23.6 Å². The van der Waals surface area contributed by atoms with Crippen molar-refractivity contribution in [1.29, 1.82) is 0 Å². The van der Waals surface area contributed by atoms with Gasteiger partial charge in [-0.15, -0.1) is 0 Å². The maximum Gasteiger partial charge on any atom is 0.337 e. The van der Waals surface area contributed by atoms with E-state index in [0.717, 1.165) is 0 Å². The number of carbonyl (C=O) groups excluding carboxylic acids is 3. The maximum atomic E-state index is 12.1. The molecule has 0 fully saturated rings. The molecule has 3 N–H and O–H groups in total. The van der Waals surface area contributed by atoms with Crippen molar-refractivity contribution in [3.63, 3.8) is 0 Å². The number of urea groups is 1. The van der Waals surface area contributed by atoms with Gasteiger partial charge in [-0.2, -0.15) is 0 Å². The summed E-state index contributed by atoms with van der Waals surface area (Å²) in [4.78, 5) is 35.9. The molecule has 0 radical (unpaired) electrons. The van der Waals surface area contributed by atoms with Crippen LogP contribution < -0.4 is 20.7 Å². The Labute approximate surface area is 167 Å². The lowest BCUT2D eigenvalue weighted by Gasteiger charge is -2.27. The van der Waals surface area contributed by atoms with Crippen molar-refractivity contribution in [2.75, 3.05) is 19.0 Å². The van der Waals surface area contributed by atoms with E-state index >= 15 is 0 Å². The number of esters is 1. The van der Waals surface area contributed by atoms with Gasteiger partial charge in [0.15, 0.2) is 6.61 Å². The third kappa shape index (κ3) is 4.92. The van der Waals surface area contributed by atoms with Crippen LogP contribution in [0.4, 0.5) is 10.5 Å². The Morgan fingerprint density at radius 1 is 1.07 bits per heavy atom. The van der Waals surface area contributed by atoms with E-state index in [1.165, 1.54) is 7.11 Å². The van der Waals surface area contributed by atoms with E-state index < -0.39 is 18.0 Å². The fourth-order valence-corrected chi connectivity index (χ4v) is 2.95. The molecule has 2 aromatic rings. The summed E-state index contributed by atoms with van der Waals surface area (Å²) in [6, 6.07) is 14.8. The van der Waals surface area contributed by atoms with Gasteiger partial charge in [0.2, 0.25) is 0 Å². The number of carbonyl (C=O) groups is 3. The molecule has 1 aliphatic rings. The van der Waals surface area contributed by atoms with Gasteiger partial charge in [-0.1, -0.05) is 30.3 Å². The summed E-state index contributed by atoms with van der Waals surface area (Å²) in [6.07, 6.45) is 0. The molecule has 2 aromatic carbocycles. The van der Waals surface area contributed by atoms with Crippen molar-refractivity contribution in [3.05, 3.63) is 71.4 Å². The third-order valence-corrected chi connectivity index (χ3v) is 4.32. The summed E-state index contributed by atoms with van der Waals surface area (Å²) >= 11 is 0. The second-order valence-corrected chi connectivity index (χ2v) is 6.33. The van der Waals surface area contributed by atoms with Crippen LogP contribution in [0.2, 0.25) is 0 Å². The van der Waals surface area contributed by atoms with Crippen molar-refractivity contribution in [2.24, 2.45) is 0 Å². The fourth-order valence-electron chi connectivity index (χ4n) is 2.95. The van der Waals surface area contributed by atoms with Gasteiger partial charge in [0.05, 0.1) is 18.7 Å². The molecule has 8 nitrogen and oxygen atoms in total. The number of ether oxygens (including phenoxy) is 2. The normalized spacial score (nSPS) is 15.8. The summed E-state index contributed by atoms with van der Waals surface area (Å²) in [7, 11) is 1.29. The lowest BCUT2D eigenvalue weighted by molar-refractivity contribution is -0.136. The standard InChI is InChI=1S/C21H21N3O5/c1-13-18(20(26)28-2)19(24-21(27)22-13)14-8-10-16(11-9-14)29-12-17(25)23-15-6-4-3-5-7-15/h3-11,19H,12H2,1-2H3,(H,23,25)(H2,22,24,27)/t19-/m0/s1. The lowest BCUT2D eigenvalue weighted by atomic mass is 9.95. The summed E-state index contributed by atoms with van der Waals surface area (Å²) in [5.74, 6) is -0.326. The Hall–Kier alpha value is -3.81. The predicted octanol–water partition coefficient (Wildman–Crippen LogP) is 2.50. The number of hydrogen-bond acceptors (Lipinski definition) is 5. The number of rotatable bonds is 6. The molecule has 1 heterocycles. The van der Waals surface area contributed by atoms with E-state index in [4.69, 9.17) is 9.47 Å². The van der Waals surface area contributed by atoms with Crippen molar-refractivity contribution in [2.45, 2.75) is 13.0 Å². The molecule has 29 heavy (non-hydrogen) atoms. The first-order valence-corrected chi connectivity index (χ1v) is 8.92. The Kier molecular flexibility index (Phi) is 6.13. The van der Waals surface area contributed by atoms with Gasteiger partial charge >= 0.3 is 12.0 Å². The Morgan fingerprint density at radius 2 is 1.76 bits per heavy atom. The van der Waals surface area contributed by atoms with Crippen LogP contribution in [0, 0.1) is 0 Å². The van der Waals surface area contributed by atoms with E-state index in [1.807, 2.05) is 18.2 Å². The smallest absolute Gasteiger partial charge is 0.337 e. The van der Waals surface area contributed by atoms with Gasteiger partial charge in [-0.25, -0.2) is 9.59 Å². The highest BCUT2D eigenvalue weighted by Gasteiger charge is 2.31. The number of hydrogen-bond donors (Lipinski definition) is 3. The number of anilines is 1. The minimum Gasteiger partial charge on any atom is -0.484 e. The van der Waals surface area contributed by atoms with Gasteiger partial charge in [0.25, 0.3) is 5.91 Å². The third-order valence-electron chi connectivity index (χ3n) is 4.32. The lowest BCUT2D eigenvalue weighted by Crippen LogP contribution is -2.45. The molecule has 0 saturated heterocycles. The molecular formula is C21H21N3O5. The number of amides is 3. The Balaban J connectivity index is 1.66. The Morgan fingerprint density at radius 3 is 2.41 bits per heavy atom. The van der Waals surface area contributed by atoms with Crippen LogP contribution in [0.3, 0.4) is 0 Å². The number of nitrogens with one attached hydrogen (secondary N) is 3. The topological polar surface area (TPSA) is 106 Å². The predicted molar refractivity (Wildman–Crippen MR) is 106 cm³/mol. The summed E-state index contributed by atoms with van der Waals surface area (Å²) in [5.41, 5.74) is 2.13. The van der Waals surface area contributed by atoms with Crippen LogP contribution in [-0.4, -0.2) is 31.6 Å². The van der Waals surface area contributed by atoms with Gasteiger partial charge in [0.1, 0.15) is 5.75 Å². The second kappa shape index (κ2) is 8.92. The van der Waals surface area contributed by atoms with Crippen molar-refractivity contribution < 1.29 is 23.9 Å². The molecule has 0 aromatic heterocycles. The summed E-state index contributed by atoms with van der Waals surface area (Å²) in [6.45, 7) is 1.49. The molecule has 8 heteroatoms. The molecule has 3 rings (SSSR count). The van der Waals surface area contributed by atoms with Crippen molar-refractivity contribution in [3.8, 4) is 5.75 Å². The number of allylic oxidation sites excluding steroid dienone is 1. The minimum atomic E-state index is -0.647. The molecular weight excluding hydrogens is 374 g/mol. The second-order valence-electron chi connectivity index (χ2n) is 6.33. The van der Waals surface area contributed by atoms with Gasteiger partial charge in [0, 0.05) is 11.4 Å². The SMILES string of the molecule is COC(=O)C1=C(C)NC(=O)N[C@H]1c1ccc(OCC(=O)Nc2ccccc2)cc1. The Bertz CT molecular complexity index is 939. The van der Waals surface area contributed by atoms with E-state index in [9.17, 15) is 14.4 Å². The van der Waals surface area contributed by atoms with Gasteiger partial charge < -0.3 is 25.4 Å². The van der Waals surface area contributed by atoms with Crippen LogP contribution in [-0.2, 0) is 14.3 Å². The monoisotopic (exact) mass is 395 g/mol. The molecule has 0 unspecified atom stereocenters.